The maximum Gasteiger partial charge on any atom is 0.422 e. The number of aryl methyl sites for hydroxylation is 1. The summed E-state index contributed by atoms with van der Waals surface area (Å²) in [5.74, 6) is 0.538. The average molecular weight is 409 g/mol. The number of guanidine groups is 1. The molecule has 0 spiro atoms. The molecule has 0 aromatic heterocycles. The molecule has 1 aromatic carbocycles. The van der Waals surface area contributed by atoms with Crippen LogP contribution in [0.5, 0.6) is 5.75 Å². The molecule has 0 heterocycles. The zero-order valence-corrected chi connectivity index (χ0v) is 16.5. The molecule has 0 bridgehead atoms. The average Bonchev–Trinajstić information content (AvgIpc) is 2.58. The van der Waals surface area contributed by atoms with Crippen molar-refractivity contribution >= 4 is 15.8 Å². The minimum atomic E-state index is -4.43. The SMILES string of the molecule is CCNC(=NCc1ccc(C)cc1OCC(F)(F)F)NCCS(=O)(=O)CC. The molecular weight excluding hydrogens is 383 g/mol. The van der Waals surface area contributed by atoms with Crippen LogP contribution in [0.25, 0.3) is 0 Å². The highest BCUT2D eigenvalue weighted by molar-refractivity contribution is 7.91. The van der Waals surface area contributed by atoms with Gasteiger partial charge in [0, 0.05) is 24.4 Å². The van der Waals surface area contributed by atoms with E-state index < -0.39 is 22.6 Å². The van der Waals surface area contributed by atoms with E-state index in [2.05, 4.69) is 15.6 Å². The van der Waals surface area contributed by atoms with Gasteiger partial charge < -0.3 is 15.4 Å². The molecule has 154 valence electrons. The number of nitrogens with one attached hydrogen (secondary N) is 2. The number of alkyl halides is 3. The van der Waals surface area contributed by atoms with Crippen LogP contribution in [-0.4, -0.2) is 51.8 Å². The Morgan fingerprint density at radius 1 is 1.22 bits per heavy atom. The Kier molecular flexibility index (Phi) is 8.87. The predicted octanol–water partition coefficient (Wildman–Crippen LogP) is 2.43. The molecule has 0 aliphatic rings. The van der Waals surface area contributed by atoms with E-state index in [-0.39, 0.29) is 30.3 Å². The van der Waals surface area contributed by atoms with Crippen molar-refractivity contribution in [2.45, 2.75) is 33.5 Å². The fourth-order valence-electron chi connectivity index (χ4n) is 2.06. The lowest BCUT2D eigenvalue weighted by Crippen LogP contribution is -2.39. The molecule has 0 radical (unpaired) electrons. The Hall–Kier alpha value is -1.97. The molecule has 0 saturated carbocycles. The molecule has 0 atom stereocenters. The largest absolute Gasteiger partial charge is 0.484 e. The van der Waals surface area contributed by atoms with Crippen LogP contribution >= 0.6 is 0 Å². The normalized spacial score (nSPS) is 12.7. The van der Waals surface area contributed by atoms with E-state index in [1.54, 1.807) is 26.0 Å². The van der Waals surface area contributed by atoms with Crippen molar-refractivity contribution in [3.8, 4) is 5.75 Å². The molecule has 0 aliphatic carbocycles. The Morgan fingerprint density at radius 2 is 1.93 bits per heavy atom. The van der Waals surface area contributed by atoms with Gasteiger partial charge in [-0.05, 0) is 25.5 Å². The first-order valence-corrected chi connectivity index (χ1v) is 10.4. The molecule has 2 N–H and O–H groups in total. The summed E-state index contributed by atoms with van der Waals surface area (Å²) in [7, 11) is -3.10. The van der Waals surface area contributed by atoms with Crippen LogP contribution in [-0.2, 0) is 16.4 Å². The minimum absolute atomic E-state index is 0.0294. The van der Waals surface area contributed by atoms with Gasteiger partial charge in [0.25, 0.3) is 0 Å². The standard InChI is InChI=1S/C17H26F3N3O3S/c1-4-21-16(22-8-9-27(24,25)5-2)23-11-14-7-6-13(3)10-15(14)26-12-17(18,19)20/h6-7,10H,4-5,8-9,11-12H2,1-3H3,(H2,21,22,23). The molecule has 6 nitrogen and oxygen atoms in total. The Labute approximate surface area is 158 Å². The summed E-state index contributed by atoms with van der Waals surface area (Å²) in [5.41, 5.74) is 1.28. The first kappa shape index (κ1) is 23.1. The van der Waals surface area contributed by atoms with Gasteiger partial charge in [0.15, 0.2) is 22.4 Å². The fraction of sp³-hybridized carbons (Fsp3) is 0.588. The van der Waals surface area contributed by atoms with E-state index in [9.17, 15) is 21.6 Å². The summed E-state index contributed by atoms with van der Waals surface area (Å²) >= 11 is 0. The van der Waals surface area contributed by atoms with Gasteiger partial charge >= 0.3 is 6.18 Å². The fourth-order valence-corrected chi connectivity index (χ4v) is 2.76. The van der Waals surface area contributed by atoms with Crippen LogP contribution in [0.15, 0.2) is 23.2 Å². The molecule has 0 amide bonds. The summed E-state index contributed by atoms with van der Waals surface area (Å²) in [5, 5.41) is 5.87. The number of hydrogen-bond acceptors (Lipinski definition) is 4. The maximum absolute atomic E-state index is 12.4. The van der Waals surface area contributed by atoms with Gasteiger partial charge in [0.1, 0.15) is 5.75 Å². The van der Waals surface area contributed by atoms with Crippen molar-refractivity contribution in [2.24, 2.45) is 4.99 Å². The molecule has 10 heteroatoms. The third-order valence-corrected chi connectivity index (χ3v) is 5.22. The molecule has 0 aliphatic heterocycles. The van der Waals surface area contributed by atoms with Crippen LogP contribution in [0.1, 0.15) is 25.0 Å². The van der Waals surface area contributed by atoms with Crippen LogP contribution in [0.4, 0.5) is 13.2 Å². The first-order valence-electron chi connectivity index (χ1n) is 8.58. The first-order chi connectivity index (χ1) is 12.6. The van der Waals surface area contributed by atoms with Crippen LogP contribution in [0.3, 0.4) is 0 Å². The van der Waals surface area contributed by atoms with Gasteiger partial charge in [-0.15, -0.1) is 0 Å². The highest BCUT2D eigenvalue weighted by Crippen LogP contribution is 2.24. The third-order valence-electron chi connectivity index (χ3n) is 3.51. The molecule has 0 saturated heterocycles. The van der Waals surface area contributed by atoms with Crippen molar-refractivity contribution in [3.63, 3.8) is 0 Å². The summed E-state index contributed by atoms with van der Waals surface area (Å²) in [6.07, 6.45) is -4.43. The molecule has 27 heavy (non-hydrogen) atoms. The quantitative estimate of drug-likeness (QED) is 0.484. The van der Waals surface area contributed by atoms with E-state index in [0.29, 0.717) is 18.1 Å². The number of nitrogens with zero attached hydrogens (tertiary/aromatic N) is 1. The van der Waals surface area contributed by atoms with Crippen LogP contribution in [0.2, 0.25) is 0 Å². The summed E-state index contributed by atoms with van der Waals surface area (Å²) in [6.45, 7) is 4.64. The van der Waals surface area contributed by atoms with Crippen molar-refractivity contribution in [1.29, 1.82) is 0 Å². The number of benzene rings is 1. The van der Waals surface area contributed by atoms with E-state index in [0.717, 1.165) is 5.56 Å². The lowest BCUT2D eigenvalue weighted by Gasteiger charge is -2.14. The number of ether oxygens (including phenoxy) is 1. The third kappa shape index (κ3) is 9.50. The second-order valence-electron chi connectivity index (χ2n) is 5.87. The Morgan fingerprint density at radius 3 is 2.52 bits per heavy atom. The molecule has 1 aromatic rings. The monoisotopic (exact) mass is 409 g/mol. The highest BCUT2D eigenvalue weighted by atomic mass is 32.2. The smallest absolute Gasteiger partial charge is 0.422 e. The summed E-state index contributed by atoms with van der Waals surface area (Å²) < 4.78 is 65.3. The molecule has 0 unspecified atom stereocenters. The number of sulfone groups is 1. The second-order valence-corrected chi connectivity index (χ2v) is 8.35. The highest BCUT2D eigenvalue weighted by Gasteiger charge is 2.28. The van der Waals surface area contributed by atoms with Crippen molar-refractivity contribution in [2.75, 3.05) is 31.2 Å². The molecule has 0 fully saturated rings. The molecule has 1 rings (SSSR count). The summed E-state index contributed by atoms with van der Waals surface area (Å²) in [4.78, 5) is 4.30. The Balaban J connectivity index is 2.83. The number of rotatable bonds is 9. The topological polar surface area (TPSA) is 79.8 Å². The lowest BCUT2D eigenvalue weighted by molar-refractivity contribution is -0.153. The lowest BCUT2D eigenvalue weighted by atomic mass is 10.1. The van der Waals surface area contributed by atoms with Gasteiger partial charge in [-0.25, -0.2) is 13.4 Å². The zero-order valence-electron chi connectivity index (χ0n) is 15.7. The van der Waals surface area contributed by atoms with Gasteiger partial charge in [-0.2, -0.15) is 13.2 Å². The molecular formula is C17H26F3N3O3S. The summed E-state index contributed by atoms with van der Waals surface area (Å²) in [6, 6.07) is 4.96. The van der Waals surface area contributed by atoms with Crippen molar-refractivity contribution < 1.29 is 26.3 Å². The van der Waals surface area contributed by atoms with E-state index in [1.807, 2.05) is 6.92 Å². The maximum atomic E-state index is 12.4. The van der Waals surface area contributed by atoms with E-state index in [4.69, 9.17) is 4.74 Å². The van der Waals surface area contributed by atoms with Gasteiger partial charge in [-0.3, -0.25) is 0 Å². The number of halogens is 3. The minimum Gasteiger partial charge on any atom is -0.484 e. The van der Waals surface area contributed by atoms with E-state index >= 15 is 0 Å². The predicted molar refractivity (Wildman–Crippen MR) is 99.9 cm³/mol. The Bertz CT molecular complexity index is 735. The number of aliphatic imine (C=N–C) groups is 1. The number of hydrogen-bond donors (Lipinski definition) is 2. The van der Waals surface area contributed by atoms with Crippen molar-refractivity contribution in [3.05, 3.63) is 29.3 Å². The van der Waals surface area contributed by atoms with Gasteiger partial charge in [0.2, 0.25) is 0 Å². The van der Waals surface area contributed by atoms with Gasteiger partial charge in [-0.1, -0.05) is 19.1 Å². The van der Waals surface area contributed by atoms with Crippen molar-refractivity contribution in [1.82, 2.24) is 10.6 Å². The van der Waals surface area contributed by atoms with E-state index in [1.165, 1.54) is 6.07 Å². The van der Waals surface area contributed by atoms with Crippen LogP contribution < -0.4 is 15.4 Å². The zero-order chi connectivity index (χ0) is 20.5. The van der Waals surface area contributed by atoms with Crippen LogP contribution in [0, 0.1) is 6.92 Å². The second kappa shape index (κ2) is 10.4. The van der Waals surface area contributed by atoms with Gasteiger partial charge in [0.05, 0.1) is 12.3 Å².